The molecule has 0 fully saturated rings. The average molecular weight is 294 g/mol. The lowest BCUT2D eigenvalue weighted by Gasteiger charge is -2.12. The van der Waals surface area contributed by atoms with Crippen molar-refractivity contribution in [1.29, 1.82) is 0 Å². The smallest absolute Gasteiger partial charge is 0.328 e. The van der Waals surface area contributed by atoms with E-state index in [-0.39, 0.29) is 0 Å². The van der Waals surface area contributed by atoms with Crippen LogP contribution in [0.4, 0.5) is 0 Å². The van der Waals surface area contributed by atoms with E-state index in [4.69, 9.17) is 19.3 Å². The van der Waals surface area contributed by atoms with Crippen LogP contribution < -0.4 is 9.47 Å². The van der Waals surface area contributed by atoms with Crippen molar-refractivity contribution < 1.29 is 24.1 Å². The van der Waals surface area contributed by atoms with Crippen LogP contribution in [0, 0.1) is 0 Å². The van der Waals surface area contributed by atoms with Gasteiger partial charge >= 0.3 is 5.97 Å². The Kier molecular flexibility index (Phi) is 7.97. The molecule has 0 radical (unpaired) electrons. The fourth-order valence-corrected chi connectivity index (χ4v) is 1.71. The van der Waals surface area contributed by atoms with Crippen molar-refractivity contribution in [2.75, 3.05) is 26.9 Å². The Morgan fingerprint density at radius 1 is 1.19 bits per heavy atom. The minimum absolute atomic E-state index is 0.520. The number of carboxylic acid groups (broad SMARTS) is 1. The highest BCUT2D eigenvalue weighted by Gasteiger charge is 2.05. The maximum absolute atomic E-state index is 10.5. The molecule has 0 aliphatic carbocycles. The lowest BCUT2D eigenvalue weighted by atomic mass is 10.2. The second kappa shape index (κ2) is 9.83. The minimum atomic E-state index is -0.980. The first-order chi connectivity index (χ1) is 10.2. The second-order valence-electron chi connectivity index (χ2n) is 4.36. The number of benzene rings is 1. The molecule has 1 aromatic rings. The fourth-order valence-electron chi connectivity index (χ4n) is 1.71. The van der Waals surface area contributed by atoms with Gasteiger partial charge in [-0.25, -0.2) is 4.79 Å². The Hall–Kier alpha value is -2.01. The number of carboxylic acids is 1. The molecule has 0 aliphatic heterocycles. The highest BCUT2D eigenvalue weighted by Crippen LogP contribution is 2.29. The molecule has 1 rings (SSSR count). The molecule has 5 nitrogen and oxygen atoms in total. The van der Waals surface area contributed by atoms with Crippen LogP contribution in [-0.4, -0.2) is 38.0 Å². The summed E-state index contributed by atoms with van der Waals surface area (Å²) >= 11 is 0. The van der Waals surface area contributed by atoms with Crippen LogP contribution in [0.3, 0.4) is 0 Å². The van der Waals surface area contributed by atoms with E-state index in [1.807, 2.05) is 6.92 Å². The van der Waals surface area contributed by atoms with E-state index in [2.05, 4.69) is 0 Å². The van der Waals surface area contributed by atoms with Gasteiger partial charge in [0.25, 0.3) is 0 Å². The van der Waals surface area contributed by atoms with Gasteiger partial charge in [0.1, 0.15) is 0 Å². The zero-order valence-electron chi connectivity index (χ0n) is 12.5. The Morgan fingerprint density at radius 2 is 1.95 bits per heavy atom. The SMILES string of the molecule is CCOc1cc(/C=C/C(=O)O)ccc1OCCCCOC. The fraction of sp³-hybridized carbons (Fsp3) is 0.438. The average Bonchev–Trinajstić information content (AvgIpc) is 2.47. The van der Waals surface area contributed by atoms with E-state index in [1.54, 1.807) is 25.3 Å². The topological polar surface area (TPSA) is 65.0 Å². The number of aliphatic carboxylic acids is 1. The van der Waals surface area contributed by atoms with Gasteiger partial charge in [-0.3, -0.25) is 0 Å². The molecule has 0 aliphatic rings. The summed E-state index contributed by atoms with van der Waals surface area (Å²) in [5.74, 6) is 0.310. The monoisotopic (exact) mass is 294 g/mol. The molecule has 1 aromatic carbocycles. The van der Waals surface area contributed by atoms with Gasteiger partial charge in [0, 0.05) is 19.8 Å². The number of methoxy groups -OCH3 is 1. The summed E-state index contributed by atoms with van der Waals surface area (Å²) in [4.78, 5) is 10.5. The van der Waals surface area contributed by atoms with Crippen LogP contribution in [0.1, 0.15) is 25.3 Å². The summed E-state index contributed by atoms with van der Waals surface area (Å²) in [6, 6.07) is 5.36. The Balaban J connectivity index is 2.67. The minimum Gasteiger partial charge on any atom is -0.490 e. The molecular weight excluding hydrogens is 272 g/mol. The van der Waals surface area contributed by atoms with Gasteiger partial charge in [0.15, 0.2) is 11.5 Å². The highest BCUT2D eigenvalue weighted by atomic mass is 16.5. The van der Waals surface area contributed by atoms with Crippen LogP contribution >= 0.6 is 0 Å². The number of hydrogen-bond acceptors (Lipinski definition) is 4. The third-order valence-electron chi connectivity index (χ3n) is 2.69. The maximum atomic E-state index is 10.5. The van der Waals surface area contributed by atoms with Crippen molar-refractivity contribution in [2.45, 2.75) is 19.8 Å². The van der Waals surface area contributed by atoms with Crippen molar-refractivity contribution in [1.82, 2.24) is 0 Å². The molecule has 0 heterocycles. The van der Waals surface area contributed by atoms with Crippen molar-refractivity contribution in [3.8, 4) is 11.5 Å². The first-order valence-electron chi connectivity index (χ1n) is 6.97. The molecule has 0 saturated carbocycles. The summed E-state index contributed by atoms with van der Waals surface area (Å²) in [6.07, 6.45) is 4.46. The predicted octanol–water partition coefficient (Wildman–Crippen LogP) is 2.99. The summed E-state index contributed by atoms with van der Waals surface area (Å²) in [5.41, 5.74) is 0.757. The molecule has 0 spiro atoms. The molecule has 1 N–H and O–H groups in total. The van der Waals surface area contributed by atoms with Gasteiger partial charge in [-0.1, -0.05) is 6.07 Å². The number of carbonyl (C=O) groups is 1. The second-order valence-corrected chi connectivity index (χ2v) is 4.36. The normalized spacial score (nSPS) is 10.8. The van der Waals surface area contributed by atoms with E-state index >= 15 is 0 Å². The molecular formula is C16H22O5. The Labute approximate surface area is 125 Å². The quantitative estimate of drug-likeness (QED) is 0.531. The Morgan fingerprint density at radius 3 is 2.62 bits per heavy atom. The number of hydrogen-bond donors (Lipinski definition) is 1. The molecule has 0 unspecified atom stereocenters. The predicted molar refractivity (Wildman–Crippen MR) is 80.9 cm³/mol. The number of unbranched alkanes of at least 4 members (excludes halogenated alkanes) is 1. The van der Waals surface area contributed by atoms with Crippen molar-refractivity contribution >= 4 is 12.0 Å². The van der Waals surface area contributed by atoms with Gasteiger partial charge in [-0.05, 0) is 43.5 Å². The summed E-state index contributed by atoms with van der Waals surface area (Å²) in [5, 5.41) is 8.64. The number of rotatable bonds is 10. The molecule has 0 atom stereocenters. The van der Waals surface area contributed by atoms with Crippen molar-refractivity contribution in [3.05, 3.63) is 29.8 Å². The summed E-state index contributed by atoms with van der Waals surface area (Å²) in [7, 11) is 1.68. The summed E-state index contributed by atoms with van der Waals surface area (Å²) in [6.45, 7) is 3.72. The third-order valence-corrected chi connectivity index (χ3v) is 2.69. The molecule has 0 amide bonds. The summed E-state index contributed by atoms with van der Waals surface area (Å²) < 4.78 is 16.2. The Bertz CT molecular complexity index is 468. The lowest BCUT2D eigenvalue weighted by molar-refractivity contribution is -0.131. The van der Waals surface area contributed by atoms with Gasteiger partial charge in [-0.15, -0.1) is 0 Å². The molecule has 0 aromatic heterocycles. The van der Waals surface area contributed by atoms with Gasteiger partial charge in [-0.2, -0.15) is 0 Å². The van der Waals surface area contributed by atoms with Crippen LogP contribution in [0.5, 0.6) is 11.5 Å². The van der Waals surface area contributed by atoms with Gasteiger partial charge in [0.2, 0.25) is 0 Å². The molecule has 0 saturated heterocycles. The first-order valence-corrected chi connectivity index (χ1v) is 6.97. The zero-order chi connectivity index (χ0) is 15.5. The van der Waals surface area contributed by atoms with Crippen molar-refractivity contribution in [2.24, 2.45) is 0 Å². The van der Waals surface area contributed by atoms with E-state index < -0.39 is 5.97 Å². The van der Waals surface area contributed by atoms with E-state index in [1.165, 1.54) is 6.08 Å². The first kappa shape index (κ1) is 17.0. The lowest BCUT2D eigenvalue weighted by Crippen LogP contribution is -2.02. The zero-order valence-corrected chi connectivity index (χ0v) is 12.5. The van der Waals surface area contributed by atoms with Crippen LogP contribution in [-0.2, 0) is 9.53 Å². The molecule has 0 bridgehead atoms. The van der Waals surface area contributed by atoms with E-state index in [9.17, 15) is 4.79 Å². The van der Waals surface area contributed by atoms with E-state index in [0.717, 1.165) is 31.1 Å². The van der Waals surface area contributed by atoms with Crippen LogP contribution in [0.15, 0.2) is 24.3 Å². The molecule has 5 heteroatoms. The van der Waals surface area contributed by atoms with E-state index in [0.29, 0.717) is 24.7 Å². The maximum Gasteiger partial charge on any atom is 0.328 e. The van der Waals surface area contributed by atoms with Crippen LogP contribution in [0.25, 0.3) is 6.08 Å². The van der Waals surface area contributed by atoms with Crippen molar-refractivity contribution in [3.63, 3.8) is 0 Å². The molecule has 116 valence electrons. The van der Waals surface area contributed by atoms with Gasteiger partial charge in [0.05, 0.1) is 13.2 Å². The van der Waals surface area contributed by atoms with Crippen LogP contribution in [0.2, 0.25) is 0 Å². The standard InChI is InChI=1S/C16H22O5/c1-3-20-15-12-13(7-9-16(17)18)6-8-14(15)21-11-5-4-10-19-2/h6-9,12H,3-5,10-11H2,1-2H3,(H,17,18)/b9-7+. The number of ether oxygens (including phenoxy) is 3. The van der Waals surface area contributed by atoms with Gasteiger partial charge < -0.3 is 19.3 Å². The molecule has 21 heavy (non-hydrogen) atoms. The largest absolute Gasteiger partial charge is 0.490 e. The third kappa shape index (κ3) is 6.81. The highest BCUT2D eigenvalue weighted by molar-refractivity contribution is 5.85.